The molecule has 0 N–H and O–H groups in total. The van der Waals surface area contributed by atoms with Crippen LogP contribution in [0.1, 0.15) is 30.6 Å². The van der Waals surface area contributed by atoms with Gasteiger partial charge < -0.3 is 4.74 Å². The number of nitrogens with zero attached hydrogens (tertiary/aromatic N) is 2. The van der Waals surface area contributed by atoms with E-state index in [1.807, 2.05) is 0 Å². The summed E-state index contributed by atoms with van der Waals surface area (Å²) in [7, 11) is 0. The number of carbonyl (C=O) groups excluding carboxylic acids is 2. The molecule has 2 rings (SSSR count). The number of hydrogen-bond donors (Lipinski definition) is 0. The number of rotatable bonds is 4. The number of esters is 1. The number of hydrogen-bond acceptors (Lipinski definition) is 6. The zero-order chi connectivity index (χ0) is 15.6. The lowest BCUT2D eigenvalue weighted by atomic mass is 10.1. The summed E-state index contributed by atoms with van der Waals surface area (Å²) in [4.78, 5) is 39.1. The van der Waals surface area contributed by atoms with Crippen LogP contribution < -0.4 is 5.06 Å². The molecule has 0 saturated carbocycles. The molecule has 8 heteroatoms. The summed E-state index contributed by atoms with van der Waals surface area (Å²) in [5.41, 5.74) is -0.336. The molecule has 1 aromatic carbocycles. The van der Waals surface area contributed by atoms with Crippen LogP contribution in [0.3, 0.4) is 0 Å². The number of nitro benzene ring substituents is 1. The van der Waals surface area contributed by atoms with Crippen LogP contribution in [0.2, 0.25) is 0 Å². The van der Waals surface area contributed by atoms with Gasteiger partial charge in [-0.1, -0.05) is 0 Å². The van der Waals surface area contributed by atoms with Gasteiger partial charge in [-0.15, -0.1) is 0 Å². The normalized spacial score (nSPS) is 17.9. The molecule has 1 heterocycles. The van der Waals surface area contributed by atoms with Gasteiger partial charge in [0, 0.05) is 6.07 Å². The summed E-state index contributed by atoms with van der Waals surface area (Å²) in [6.07, 6.45) is -0.196. The Morgan fingerprint density at radius 3 is 2.81 bits per heavy atom. The van der Waals surface area contributed by atoms with E-state index in [1.54, 1.807) is 13.8 Å². The average Bonchev–Trinajstić information content (AvgIpc) is 2.77. The van der Waals surface area contributed by atoms with Gasteiger partial charge in [0.15, 0.2) is 5.69 Å². The summed E-state index contributed by atoms with van der Waals surface area (Å²) in [5, 5.41) is 12.1. The van der Waals surface area contributed by atoms with Crippen LogP contribution >= 0.6 is 0 Å². The van der Waals surface area contributed by atoms with E-state index in [4.69, 9.17) is 9.57 Å². The Kier molecular flexibility index (Phi) is 4.18. The molecule has 1 unspecified atom stereocenters. The van der Waals surface area contributed by atoms with Crippen molar-refractivity contribution >= 4 is 23.3 Å². The van der Waals surface area contributed by atoms with Crippen LogP contribution in [-0.2, 0) is 14.4 Å². The third-order valence-corrected chi connectivity index (χ3v) is 2.88. The van der Waals surface area contributed by atoms with Gasteiger partial charge in [-0.05, 0) is 26.0 Å². The van der Waals surface area contributed by atoms with Crippen molar-refractivity contribution in [3.8, 4) is 0 Å². The van der Waals surface area contributed by atoms with Crippen LogP contribution in [0, 0.1) is 10.1 Å². The van der Waals surface area contributed by atoms with Crippen molar-refractivity contribution in [1.82, 2.24) is 0 Å². The van der Waals surface area contributed by atoms with Crippen molar-refractivity contribution in [2.45, 2.75) is 26.4 Å². The molecule has 0 aliphatic carbocycles. The molecule has 21 heavy (non-hydrogen) atoms. The number of hydroxylamine groups is 1. The molecule has 1 aromatic rings. The highest BCUT2D eigenvalue weighted by Gasteiger charge is 2.34. The molecule has 0 bridgehead atoms. The Morgan fingerprint density at radius 2 is 2.29 bits per heavy atom. The summed E-state index contributed by atoms with van der Waals surface area (Å²) in [5.74, 6) is -1.02. The maximum atomic E-state index is 11.8. The topological polar surface area (TPSA) is 99.0 Å². The van der Waals surface area contributed by atoms with Gasteiger partial charge in [0.05, 0.1) is 29.6 Å². The molecule has 0 radical (unpaired) electrons. The largest absolute Gasteiger partial charge is 0.462 e. The van der Waals surface area contributed by atoms with Gasteiger partial charge in [-0.3, -0.25) is 19.7 Å². The maximum Gasteiger partial charge on any atom is 0.338 e. The third-order valence-electron chi connectivity index (χ3n) is 2.88. The highest BCUT2D eigenvalue weighted by molar-refractivity contribution is 5.97. The minimum absolute atomic E-state index is 0.00222. The van der Waals surface area contributed by atoms with E-state index < -0.39 is 10.9 Å². The zero-order valence-corrected chi connectivity index (χ0v) is 11.6. The molecule has 112 valence electrons. The predicted octanol–water partition coefficient (Wildman–Crippen LogP) is 1.83. The molecular formula is C13H14N2O6. The van der Waals surface area contributed by atoms with Crippen LogP contribution in [0.4, 0.5) is 11.4 Å². The van der Waals surface area contributed by atoms with Crippen LogP contribution in [-0.4, -0.2) is 29.5 Å². The van der Waals surface area contributed by atoms with E-state index in [2.05, 4.69) is 0 Å². The van der Waals surface area contributed by atoms with Crippen molar-refractivity contribution in [2.75, 3.05) is 11.7 Å². The van der Waals surface area contributed by atoms with E-state index in [-0.39, 0.29) is 42.0 Å². The van der Waals surface area contributed by atoms with Crippen molar-refractivity contribution < 1.29 is 24.1 Å². The Labute approximate surface area is 120 Å². The first kappa shape index (κ1) is 14.9. The molecular weight excluding hydrogens is 280 g/mol. The summed E-state index contributed by atoms with van der Waals surface area (Å²) in [6, 6.07) is 3.74. The van der Waals surface area contributed by atoms with Crippen molar-refractivity contribution in [3.63, 3.8) is 0 Å². The average molecular weight is 294 g/mol. The first-order chi connectivity index (χ1) is 9.93. The number of nitro groups is 1. The van der Waals surface area contributed by atoms with Crippen molar-refractivity contribution in [1.29, 1.82) is 0 Å². The Hall–Kier alpha value is -2.48. The number of carbonyl (C=O) groups is 2. The number of ether oxygens (including phenoxy) is 1. The molecule has 1 atom stereocenters. The monoisotopic (exact) mass is 294 g/mol. The summed E-state index contributed by atoms with van der Waals surface area (Å²) in [6.45, 7) is 3.50. The molecule has 1 saturated heterocycles. The van der Waals surface area contributed by atoms with E-state index in [1.165, 1.54) is 12.1 Å². The molecule has 1 aliphatic heterocycles. The molecule has 1 amide bonds. The number of benzene rings is 1. The lowest BCUT2D eigenvalue weighted by Crippen LogP contribution is -2.24. The highest BCUT2D eigenvalue weighted by atomic mass is 16.7. The van der Waals surface area contributed by atoms with E-state index in [9.17, 15) is 19.7 Å². The second-order valence-electron chi connectivity index (χ2n) is 4.49. The van der Waals surface area contributed by atoms with E-state index in [0.717, 1.165) is 11.1 Å². The first-order valence-corrected chi connectivity index (χ1v) is 6.39. The number of anilines is 1. The predicted molar refractivity (Wildman–Crippen MR) is 71.7 cm³/mol. The quantitative estimate of drug-likeness (QED) is 0.477. The fourth-order valence-electron chi connectivity index (χ4n) is 1.98. The standard InChI is InChI=1S/C13H14N2O6/c1-3-20-13(17)9-4-5-10(11(7-9)15(18)19)14-12(16)6-8(2)21-14/h4-5,7-8H,3,6H2,1-2H3. The van der Waals surface area contributed by atoms with Crippen molar-refractivity contribution in [2.24, 2.45) is 0 Å². The molecule has 1 aliphatic rings. The van der Waals surface area contributed by atoms with E-state index >= 15 is 0 Å². The first-order valence-electron chi connectivity index (χ1n) is 6.39. The minimum atomic E-state index is -0.669. The molecule has 0 spiro atoms. The van der Waals surface area contributed by atoms with Gasteiger partial charge in [0.2, 0.25) is 0 Å². The van der Waals surface area contributed by atoms with Crippen LogP contribution in [0.15, 0.2) is 18.2 Å². The third kappa shape index (κ3) is 3.00. The van der Waals surface area contributed by atoms with Gasteiger partial charge in [0.25, 0.3) is 11.6 Å². The smallest absolute Gasteiger partial charge is 0.338 e. The second-order valence-corrected chi connectivity index (χ2v) is 4.49. The molecule has 0 aromatic heterocycles. The van der Waals surface area contributed by atoms with Crippen molar-refractivity contribution in [3.05, 3.63) is 33.9 Å². The fourth-order valence-corrected chi connectivity index (χ4v) is 1.98. The van der Waals surface area contributed by atoms with E-state index in [0.29, 0.717) is 0 Å². The second kappa shape index (κ2) is 5.88. The Morgan fingerprint density at radius 1 is 1.57 bits per heavy atom. The Balaban J connectivity index is 2.41. The SMILES string of the molecule is CCOC(=O)c1ccc(N2OC(C)CC2=O)c([N+](=O)[O-])c1. The summed E-state index contributed by atoms with van der Waals surface area (Å²) < 4.78 is 4.79. The highest BCUT2D eigenvalue weighted by Crippen LogP contribution is 2.33. The summed E-state index contributed by atoms with van der Waals surface area (Å²) >= 11 is 0. The maximum absolute atomic E-state index is 11.8. The zero-order valence-electron chi connectivity index (χ0n) is 11.6. The minimum Gasteiger partial charge on any atom is -0.462 e. The molecule has 8 nitrogen and oxygen atoms in total. The van der Waals surface area contributed by atoms with Gasteiger partial charge in [0.1, 0.15) is 0 Å². The fraction of sp³-hybridized carbons (Fsp3) is 0.385. The van der Waals surface area contributed by atoms with Gasteiger partial charge in [-0.25, -0.2) is 4.79 Å². The molecule has 1 fully saturated rings. The number of amides is 1. The Bertz CT molecular complexity index is 600. The van der Waals surface area contributed by atoms with Gasteiger partial charge >= 0.3 is 5.97 Å². The van der Waals surface area contributed by atoms with Gasteiger partial charge in [-0.2, -0.15) is 5.06 Å². The lowest BCUT2D eigenvalue weighted by molar-refractivity contribution is -0.384. The van der Waals surface area contributed by atoms with Crippen LogP contribution in [0.5, 0.6) is 0 Å². The van der Waals surface area contributed by atoms with Crippen LogP contribution in [0.25, 0.3) is 0 Å². The lowest BCUT2D eigenvalue weighted by Gasteiger charge is -2.15.